The molecule has 7 heteroatoms. The molecule has 2 aromatic rings. The Morgan fingerprint density at radius 3 is 2.60 bits per heavy atom. The topological polar surface area (TPSA) is 29.0 Å². The van der Waals surface area contributed by atoms with Gasteiger partial charge in [-0.2, -0.15) is 8.75 Å². The van der Waals surface area contributed by atoms with Gasteiger partial charge in [0, 0.05) is 28.1 Å². The van der Waals surface area contributed by atoms with Crippen molar-refractivity contribution < 1.29 is 0 Å². The summed E-state index contributed by atoms with van der Waals surface area (Å²) in [5.41, 5.74) is 2.03. The Morgan fingerprint density at radius 1 is 1.16 bits per heavy atom. The monoisotopic (exact) mass is 409 g/mol. The maximum Gasteiger partial charge on any atom is 0.134 e. The number of nitrogens with zero attached hydrogens (tertiary/aromatic N) is 3. The van der Waals surface area contributed by atoms with Gasteiger partial charge in [-0.1, -0.05) is 46.8 Å². The minimum Gasteiger partial charge on any atom is -0.303 e. The molecular weight excluding hydrogens is 393 g/mol. The molecule has 0 saturated carbocycles. The van der Waals surface area contributed by atoms with Gasteiger partial charge in [0.25, 0.3) is 0 Å². The van der Waals surface area contributed by atoms with Crippen LogP contribution >= 0.6 is 46.7 Å². The number of benzene rings is 1. The summed E-state index contributed by atoms with van der Waals surface area (Å²) in [5.74, 6) is 8.30. The summed E-state index contributed by atoms with van der Waals surface area (Å²) in [6.07, 6.45) is 2.59. The third kappa shape index (κ3) is 4.15. The molecule has 2 bridgehead atoms. The summed E-state index contributed by atoms with van der Waals surface area (Å²) in [6.45, 7) is 3.63. The fourth-order valence-electron chi connectivity index (χ4n) is 3.66. The molecule has 1 aromatic carbocycles. The molecule has 5 rings (SSSR count). The summed E-state index contributed by atoms with van der Waals surface area (Å²) < 4.78 is 9.13. The van der Waals surface area contributed by atoms with E-state index in [1.54, 1.807) is 17.8 Å². The predicted molar refractivity (Wildman–Crippen MR) is 106 cm³/mol. The van der Waals surface area contributed by atoms with Crippen molar-refractivity contribution in [2.45, 2.75) is 23.8 Å². The van der Waals surface area contributed by atoms with Gasteiger partial charge in [-0.3, -0.25) is 0 Å². The second kappa shape index (κ2) is 7.85. The van der Waals surface area contributed by atoms with Crippen LogP contribution in [0.5, 0.6) is 0 Å². The van der Waals surface area contributed by atoms with Gasteiger partial charge in [-0.15, -0.1) is 0 Å². The van der Waals surface area contributed by atoms with Crippen molar-refractivity contribution in [1.82, 2.24) is 13.6 Å². The number of rotatable bonds is 3. The smallest absolute Gasteiger partial charge is 0.134 e. The molecule has 3 saturated heterocycles. The molecule has 0 radical (unpaired) electrons. The van der Waals surface area contributed by atoms with E-state index in [-0.39, 0.29) is 0 Å². The van der Waals surface area contributed by atoms with Crippen LogP contribution in [0.2, 0.25) is 10.0 Å². The molecule has 0 amide bonds. The molecule has 0 spiro atoms. The van der Waals surface area contributed by atoms with Crippen molar-refractivity contribution in [2.75, 3.05) is 25.4 Å². The minimum absolute atomic E-state index is 0.545. The lowest BCUT2D eigenvalue weighted by Gasteiger charge is -2.44. The van der Waals surface area contributed by atoms with E-state index < -0.39 is 0 Å². The number of aromatic nitrogens is 2. The first kappa shape index (κ1) is 17.6. The molecule has 0 aliphatic carbocycles. The van der Waals surface area contributed by atoms with E-state index in [4.69, 9.17) is 23.2 Å². The van der Waals surface area contributed by atoms with E-state index in [1.807, 2.05) is 12.1 Å². The standard InChI is InChI=1S/C18H17Cl2N3S2/c19-14-8-12(9-15(20)10-14)2-1-7-24-18-17(21-25-22-18)16-11-23-5-3-13(16)4-6-23/h8-10,13,16H,3-7,11H2/t16-/m1/s1. The van der Waals surface area contributed by atoms with Crippen LogP contribution in [0.1, 0.15) is 30.0 Å². The van der Waals surface area contributed by atoms with E-state index in [2.05, 4.69) is 25.5 Å². The number of hydrogen-bond acceptors (Lipinski definition) is 5. The van der Waals surface area contributed by atoms with Gasteiger partial charge in [0.15, 0.2) is 0 Å². The average Bonchev–Trinajstić information content (AvgIpc) is 3.07. The third-order valence-electron chi connectivity index (χ3n) is 4.87. The quantitative estimate of drug-likeness (QED) is 0.537. The van der Waals surface area contributed by atoms with Crippen molar-refractivity contribution in [2.24, 2.45) is 5.92 Å². The lowest BCUT2D eigenvalue weighted by atomic mass is 9.78. The molecule has 4 heterocycles. The Bertz CT molecular complexity index is 799. The van der Waals surface area contributed by atoms with Crippen LogP contribution in [0.25, 0.3) is 0 Å². The highest BCUT2D eigenvalue weighted by atomic mass is 35.5. The molecule has 25 heavy (non-hydrogen) atoms. The van der Waals surface area contributed by atoms with Crippen molar-refractivity contribution in [3.63, 3.8) is 0 Å². The molecule has 3 fully saturated rings. The Hall–Kier alpha value is -0.770. The number of halogens is 2. The van der Waals surface area contributed by atoms with Crippen LogP contribution in [0.4, 0.5) is 0 Å². The first-order valence-corrected chi connectivity index (χ1v) is 10.8. The van der Waals surface area contributed by atoms with Crippen molar-refractivity contribution in [1.29, 1.82) is 0 Å². The summed E-state index contributed by atoms with van der Waals surface area (Å²) in [5, 5.41) is 2.28. The summed E-state index contributed by atoms with van der Waals surface area (Å²) >= 11 is 15.0. The zero-order chi connectivity index (χ0) is 17.2. The van der Waals surface area contributed by atoms with Gasteiger partial charge in [-0.25, -0.2) is 0 Å². The van der Waals surface area contributed by atoms with Crippen LogP contribution < -0.4 is 0 Å². The van der Waals surface area contributed by atoms with E-state index >= 15 is 0 Å². The zero-order valence-electron chi connectivity index (χ0n) is 13.5. The summed E-state index contributed by atoms with van der Waals surface area (Å²) in [7, 11) is 0. The number of piperidine rings is 3. The van der Waals surface area contributed by atoms with E-state index in [1.165, 1.54) is 43.4 Å². The maximum atomic E-state index is 6.00. The molecule has 0 N–H and O–H groups in total. The van der Waals surface area contributed by atoms with E-state index in [9.17, 15) is 0 Å². The fraction of sp³-hybridized carbons (Fsp3) is 0.444. The van der Waals surface area contributed by atoms with Crippen LogP contribution in [0.3, 0.4) is 0 Å². The lowest BCUT2D eigenvalue weighted by Crippen LogP contribution is -2.46. The second-order valence-electron chi connectivity index (χ2n) is 6.45. The highest BCUT2D eigenvalue weighted by Gasteiger charge is 2.37. The Kier molecular flexibility index (Phi) is 5.54. The van der Waals surface area contributed by atoms with E-state index in [0.717, 1.165) is 23.1 Å². The van der Waals surface area contributed by atoms with E-state index in [0.29, 0.717) is 21.7 Å². The first-order valence-electron chi connectivity index (χ1n) is 8.31. The molecular formula is C18H17Cl2N3S2. The first-order chi connectivity index (χ1) is 12.2. The van der Waals surface area contributed by atoms with Crippen LogP contribution in [-0.2, 0) is 0 Å². The van der Waals surface area contributed by atoms with Crippen molar-refractivity contribution in [3.8, 4) is 11.8 Å². The molecule has 130 valence electrons. The molecule has 1 atom stereocenters. The van der Waals surface area contributed by atoms with Crippen LogP contribution in [0, 0.1) is 17.8 Å². The van der Waals surface area contributed by atoms with Gasteiger partial charge < -0.3 is 4.90 Å². The summed E-state index contributed by atoms with van der Waals surface area (Å²) in [4.78, 5) is 2.56. The molecule has 3 nitrogen and oxygen atoms in total. The van der Waals surface area contributed by atoms with Crippen molar-refractivity contribution in [3.05, 3.63) is 39.5 Å². The van der Waals surface area contributed by atoms with Gasteiger partial charge in [-0.05, 0) is 50.0 Å². The molecule has 3 aliphatic rings. The number of hydrogen-bond donors (Lipinski definition) is 0. The fourth-order valence-corrected chi connectivity index (χ4v) is 5.70. The number of thioether (sulfide) groups is 1. The highest BCUT2D eigenvalue weighted by Crippen LogP contribution is 2.41. The normalized spacial score (nSPS) is 24.8. The SMILES string of the molecule is Clc1cc(Cl)cc(C#CCSc2nsnc2[C@@H]2CN3CCC2CC3)c1. The van der Waals surface area contributed by atoms with Gasteiger partial charge in [0.05, 0.1) is 23.2 Å². The molecule has 3 aliphatic heterocycles. The lowest BCUT2D eigenvalue weighted by molar-refractivity contribution is 0.0846. The van der Waals surface area contributed by atoms with Gasteiger partial charge in [0.2, 0.25) is 0 Å². The second-order valence-corrected chi connectivity index (χ2v) is 8.81. The number of fused-ring (bicyclic) bond motifs is 3. The predicted octanol–water partition coefficient (Wildman–Crippen LogP) is 4.80. The third-order valence-corrected chi connectivity index (χ3v) is 6.82. The molecule has 1 aromatic heterocycles. The Morgan fingerprint density at radius 2 is 1.92 bits per heavy atom. The maximum absolute atomic E-state index is 6.00. The highest BCUT2D eigenvalue weighted by molar-refractivity contribution is 7.99. The zero-order valence-corrected chi connectivity index (χ0v) is 16.7. The van der Waals surface area contributed by atoms with Gasteiger partial charge in [0.1, 0.15) is 5.03 Å². The summed E-state index contributed by atoms with van der Waals surface area (Å²) in [6, 6.07) is 5.37. The Balaban J connectivity index is 1.41. The Labute approximate surface area is 166 Å². The van der Waals surface area contributed by atoms with Crippen LogP contribution in [0.15, 0.2) is 23.2 Å². The van der Waals surface area contributed by atoms with Crippen molar-refractivity contribution >= 4 is 46.7 Å². The molecule has 0 unspecified atom stereocenters. The van der Waals surface area contributed by atoms with Crippen LogP contribution in [-0.4, -0.2) is 39.0 Å². The van der Waals surface area contributed by atoms with Gasteiger partial charge >= 0.3 is 0 Å². The largest absolute Gasteiger partial charge is 0.303 e. The minimum atomic E-state index is 0.545. The average molecular weight is 410 g/mol.